The highest BCUT2D eigenvalue weighted by Gasteiger charge is 2.34. The van der Waals surface area contributed by atoms with E-state index in [9.17, 15) is 4.79 Å². The van der Waals surface area contributed by atoms with Gasteiger partial charge in [0.15, 0.2) is 0 Å². The molecule has 2 heterocycles. The summed E-state index contributed by atoms with van der Waals surface area (Å²) in [5.41, 5.74) is 3.57. The van der Waals surface area contributed by atoms with E-state index < -0.39 is 0 Å². The Morgan fingerprint density at radius 3 is 2.70 bits per heavy atom. The van der Waals surface area contributed by atoms with Crippen LogP contribution in [0.3, 0.4) is 0 Å². The molecule has 23 heavy (non-hydrogen) atoms. The van der Waals surface area contributed by atoms with Gasteiger partial charge in [-0.15, -0.1) is 0 Å². The summed E-state index contributed by atoms with van der Waals surface area (Å²) in [6, 6.07) is 9.67. The molecule has 1 aromatic carbocycles. The lowest BCUT2D eigenvalue weighted by Crippen LogP contribution is -2.30. The maximum absolute atomic E-state index is 12.7. The van der Waals surface area contributed by atoms with Crippen molar-refractivity contribution in [1.29, 1.82) is 0 Å². The first-order valence-electron chi connectivity index (χ1n) is 7.77. The summed E-state index contributed by atoms with van der Waals surface area (Å²) < 4.78 is 7.30. The topological polar surface area (TPSA) is 56.2 Å². The van der Waals surface area contributed by atoms with Crippen molar-refractivity contribution in [1.82, 2.24) is 9.78 Å². The Bertz CT molecular complexity index is 774. The molecule has 0 saturated carbocycles. The normalized spacial score (nSPS) is 17.0. The van der Waals surface area contributed by atoms with E-state index in [1.807, 2.05) is 62.7 Å². The third kappa shape index (κ3) is 2.74. The minimum absolute atomic E-state index is 0.167. The van der Waals surface area contributed by atoms with E-state index in [0.717, 1.165) is 22.6 Å². The Morgan fingerprint density at radius 2 is 2.00 bits per heavy atom. The fourth-order valence-electron chi connectivity index (χ4n) is 2.93. The van der Waals surface area contributed by atoms with Crippen LogP contribution in [0.4, 0.5) is 5.82 Å². The molecule has 1 aliphatic heterocycles. The number of hydrogen-bond donors (Lipinski definition) is 1. The van der Waals surface area contributed by atoms with Gasteiger partial charge < -0.3 is 10.1 Å². The minimum Gasteiger partial charge on any atom is -0.459 e. The molecular formula is C18H21N3O2. The van der Waals surface area contributed by atoms with Crippen molar-refractivity contribution in [2.24, 2.45) is 0 Å². The third-order valence-corrected chi connectivity index (χ3v) is 3.95. The van der Waals surface area contributed by atoms with Crippen molar-refractivity contribution in [2.75, 3.05) is 5.32 Å². The zero-order chi connectivity index (χ0) is 16.6. The minimum atomic E-state index is -0.306. The van der Waals surface area contributed by atoms with Gasteiger partial charge in [0, 0.05) is 11.8 Å². The van der Waals surface area contributed by atoms with Crippen LogP contribution in [0.5, 0.6) is 0 Å². The van der Waals surface area contributed by atoms with Gasteiger partial charge in [-0.3, -0.25) is 0 Å². The highest BCUT2D eigenvalue weighted by atomic mass is 16.5. The molecule has 0 spiro atoms. The number of carbonyl (C=O) groups excluding carboxylic acids is 1. The quantitative estimate of drug-likeness (QED) is 0.882. The number of rotatable bonds is 3. The number of carbonyl (C=O) groups is 1. The molecule has 5 nitrogen and oxygen atoms in total. The number of nitrogens with one attached hydrogen (secondary N) is 1. The maximum Gasteiger partial charge on any atom is 0.338 e. The number of anilines is 1. The first-order chi connectivity index (χ1) is 11.0. The molecule has 1 atom stereocenters. The highest BCUT2D eigenvalue weighted by Crippen LogP contribution is 2.37. The summed E-state index contributed by atoms with van der Waals surface area (Å²) in [4.78, 5) is 12.7. The number of fused-ring (bicyclic) bond motifs is 1. The molecule has 0 fully saturated rings. The predicted octanol–water partition coefficient (Wildman–Crippen LogP) is 3.43. The molecule has 1 aromatic heterocycles. The molecular weight excluding hydrogens is 290 g/mol. The van der Waals surface area contributed by atoms with Crippen molar-refractivity contribution >= 4 is 11.8 Å². The summed E-state index contributed by atoms with van der Waals surface area (Å²) in [6.45, 7) is 7.65. The Labute approximate surface area is 136 Å². The second-order valence-electron chi connectivity index (χ2n) is 6.04. The average Bonchev–Trinajstić information content (AvgIpc) is 2.93. The lowest BCUT2D eigenvalue weighted by molar-refractivity contribution is -0.143. The Kier molecular flexibility index (Phi) is 3.94. The number of hydrogen-bond acceptors (Lipinski definition) is 4. The van der Waals surface area contributed by atoms with E-state index in [1.54, 1.807) is 6.20 Å². The molecule has 1 unspecified atom stereocenters. The van der Waals surface area contributed by atoms with Gasteiger partial charge in [0.05, 0.1) is 17.9 Å². The van der Waals surface area contributed by atoms with E-state index in [-0.39, 0.29) is 18.1 Å². The molecule has 0 amide bonds. The third-order valence-electron chi connectivity index (χ3n) is 3.95. The lowest BCUT2D eigenvalue weighted by atomic mass is 9.92. The summed E-state index contributed by atoms with van der Waals surface area (Å²) in [5, 5.41) is 7.66. The van der Waals surface area contributed by atoms with E-state index >= 15 is 0 Å². The number of allylic oxidation sites excluding steroid dienone is 1. The van der Waals surface area contributed by atoms with E-state index in [4.69, 9.17) is 4.74 Å². The molecule has 0 aliphatic carbocycles. The summed E-state index contributed by atoms with van der Waals surface area (Å²) in [7, 11) is 0. The van der Waals surface area contributed by atoms with Crippen LogP contribution in [0, 0.1) is 6.92 Å². The van der Waals surface area contributed by atoms with E-state index in [1.165, 1.54) is 0 Å². The Hall–Kier alpha value is -2.56. The van der Waals surface area contributed by atoms with Gasteiger partial charge in [0.1, 0.15) is 11.9 Å². The monoisotopic (exact) mass is 311 g/mol. The summed E-state index contributed by atoms with van der Waals surface area (Å²) in [6.07, 6.45) is 1.57. The molecule has 5 heteroatoms. The molecule has 0 saturated heterocycles. The summed E-state index contributed by atoms with van der Waals surface area (Å²) in [5.74, 6) is 0.566. The van der Waals surface area contributed by atoms with Crippen LogP contribution in [0.1, 0.15) is 37.9 Å². The van der Waals surface area contributed by atoms with Crippen LogP contribution in [0.15, 0.2) is 47.8 Å². The highest BCUT2D eigenvalue weighted by molar-refractivity contribution is 5.92. The maximum atomic E-state index is 12.7. The van der Waals surface area contributed by atoms with Gasteiger partial charge in [-0.05, 0) is 38.8 Å². The number of nitrogens with zero attached hydrogens (tertiary/aromatic N) is 2. The standard InChI is InChI=1S/C18H21N3O2/c1-11(2)23-18(22)16-13(4)20-15-9-10-19-21(15)17(16)14-8-6-5-7-12(14)3/h5-11,17,20H,1-4H3. The molecule has 0 bridgehead atoms. The van der Waals surface area contributed by atoms with Crippen molar-refractivity contribution in [3.63, 3.8) is 0 Å². The molecule has 3 rings (SSSR count). The molecule has 0 radical (unpaired) electrons. The van der Waals surface area contributed by atoms with Crippen LogP contribution < -0.4 is 5.32 Å². The van der Waals surface area contributed by atoms with Gasteiger partial charge in [-0.1, -0.05) is 24.3 Å². The van der Waals surface area contributed by atoms with Gasteiger partial charge in [-0.25, -0.2) is 9.48 Å². The largest absolute Gasteiger partial charge is 0.459 e. The van der Waals surface area contributed by atoms with Crippen molar-refractivity contribution in [3.8, 4) is 0 Å². The smallest absolute Gasteiger partial charge is 0.338 e. The van der Waals surface area contributed by atoms with Crippen molar-refractivity contribution < 1.29 is 9.53 Å². The van der Waals surface area contributed by atoms with Gasteiger partial charge in [-0.2, -0.15) is 5.10 Å². The summed E-state index contributed by atoms with van der Waals surface area (Å²) >= 11 is 0. The molecule has 1 aliphatic rings. The second kappa shape index (κ2) is 5.91. The predicted molar refractivity (Wildman–Crippen MR) is 89.1 cm³/mol. The lowest BCUT2D eigenvalue weighted by Gasteiger charge is -2.30. The zero-order valence-corrected chi connectivity index (χ0v) is 13.8. The zero-order valence-electron chi connectivity index (χ0n) is 13.8. The van der Waals surface area contributed by atoms with Crippen LogP contribution in [0.2, 0.25) is 0 Å². The number of aryl methyl sites for hydroxylation is 1. The Balaban J connectivity index is 2.15. The Morgan fingerprint density at radius 1 is 1.26 bits per heavy atom. The van der Waals surface area contributed by atoms with Gasteiger partial charge in [0.2, 0.25) is 0 Å². The van der Waals surface area contributed by atoms with Crippen LogP contribution in [0.25, 0.3) is 0 Å². The molecule has 1 N–H and O–H groups in total. The van der Waals surface area contributed by atoms with Crippen LogP contribution in [-0.4, -0.2) is 21.9 Å². The average molecular weight is 311 g/mol. The SMILES string of the molecule is CC1=C(C(=O)OC(C)C)C(c2ccccc2C)n2nccc2N1. The number of esters is 1. The molecule has 120 valence electrons. The fourth-order valence-corrected chi connectivity index (χ4v) is 2.93. The van der Waals surface area contributed by atoms with Gasteiger partial charge >= 0.3 is 5.97 Å². The first kappa shape index (κ1) is 15.3. The van der Waals surface area contributed by atoms with E-state index in [0.29, 0.717) is 5.57 Å². The fraction of sp³-hybridized carbons (Fsp3) is 0.333. The van der Waals surface area contributed by atoms with Crippen LogP contribution >= 0.6 is 0 Å². The van der Waals surface area contributed by atoms with E-state index in [2.05, 4.69) is 10.4 Å². The number of ether oxygens (including phenoxy) is 1. The first-order valence-corrected chi connectivity index (χ1v) is 7.77. The number of benzene rings is 1. The van der Waals surface area contributed by atoms with Crippen molar-refractivity contribution in [2.45, 2.75) is 39.8 Å². The van der Waals surface area contributed by atoms with Crippen LogP contribution in [-0.2, 0) is 9.53 Å². The second-order valence-corrected chi connectivity index (χ2v) is 6.04. The molecule has 2 aromatic rings. The van der Waals surface area contributed by atoms with Gasteiger partial charge in [0.25, 0.3) is 0 Å². The van der Waals surface area contributed by atoms with Crippen molar-refractivity contribution in [3.05, 3.63) is 58.9 Å². The number of aromatic nitrogens is 2.